The fourth-order valence-corrected chi connectivity index (χ4v) is 2.64. The summed E-state index contributed by atoms with van der Waals surface area (Å²) >= 11 is 0. The molecule has 0 N–H and O–H groups in total. The minimum absolute atomic E-state index is 1.32. The number of hydrogen-bond acceptors (Lipinski definition) is 0. The first-order valence-electron chi connectivity index (χ1n) is 5.63. The molecule has 0 aliphatic rings. The Morgan fingerprint density at radius 1 is 0.750 bits per heavy atom. The van der Waals surface area contributed by atoms with Crippen molar-refractivity contribution in [3.8, 4) is 0 Å². The number of hydrogen-bond donors (Lipinski definition) is 0. The third-order valence-electron chi connectivity index (χ3n) is 3.47. The first kappa shape index (κ1) is 9.46. The third kappa shape index (κ3) is 1.06. The van der Waals surface area contributed by atoms with Gasteiger partial charge in [0, 0.05) is 28.9 Å². The van der Waals surface area contributed by atoms with Crippen molar-refractivity contribution in [2.24, 2.45) is 7.05 Å². The maximum atomic E-state index is 2.28. The van der Waals surface area contributed by atoms with Gasteiger partial charge < -0.3 is 4.57 Å². The molecule has 3 rings (SSSR count). The van der Waals surface area contributed by atoms with Gasteiger partial charge in [0.25, 0.3) is 0 Å². The highest BCUT2D eigenvalue weighted by Crippen LogP contribution is 2.32. The van der Waals surface area contributed by atoms with E-state index < -0.39 is 0 Å². The smallest absolute Gasteiger partial charge is 0.0491 e. The van der Waals surface area contributed by atoms with Crippen LogP contribution in [-0.2, 0) is 7.05 Å². The van der Waals surface area contributed by atoms with Crippen LogP contribution in [0.4, 0.5) is 0 Å². The molecule has 0 bridgehead atoms. The first-order valence-corrected chi connectivity index (χ1v) is 5.63. The van der Waals surface area contributed by atoms with Gasteiger partial charge in [-0.05, 0) is 37.1 Å². The van der Waals surface area contributed by atoms with Crippen molar-refractivity contribution in [2.45, 2.75) is 13.8 Å². The van der Waals surface area contributed by atoms with E-state index in [4.69, 9.17) is 0 Å². The molecule has 0 unspecified atom stereocenters. The molecule has 0 aliphatic heterocycles. The molecule has 0 spiro atoms. The molecule has 1 heteroatoms. The molecular formula is C15H15N. The van der Waals surface area contributed by atoms with Crippen LogP contribution in [0.2, 0.25) is 0 Å². The van der Waals surface area contributed by atoms with Gasteiger partial charge in [0.05, 0.1) is 0 Å². The SMILES string of the molecule is Cc1cccc2c1c1c(C)cccc1n2C. The van der Waals surface area contributed by atoms with E-state index >= 15 is 0 Å². The molecule has 1 aromatic heterocycles. The molecule has 2 aromatic carbocycles. The Hall–Kier alpha value is -1.76. The Bertz CT molecular complexity index is 630. The van der Waals surface area contributed by atoms with Crippen LogP contribution in [-0.4, -0.2) is 4.57 Å². The highest BCUT2D eigenvalue weighted by Gasteiger charge is 2.10. The zero-order valence-electron chi connectivity index (χ0n) is 9.91. The van der Waals surface area contributed by atoms with Gasteiger partial charge in [0.1, 0.15) is 0 Å². The average molecular weight is 209 g/mol. The number of nitrogens with zero attached hydrogens (tertiary/aromatic N) is 1. The largest absolute Gasteiger partial charge is 0.344 e. The van der Waals surface area contributed by atoms with Crippen LogP contribution in [0.1, 0.15) is 11.1 Å². The lowest BCUT2D eigenvalue weighted by Gasteiger charge is -1.98. The van der Waals surface area contributed by atoms with E-state index in [1.807, 2.05) is 0 Å². The van der Waals surface area contributed by atoms with Crippen LogP contribution in [0, 0.1) is 13.8 Å². The number of aromatic nitrogens is 1. The normalized spacial score (nSPS) is 11.4. The van der Waals surface area contributed by atoms with Gasteiger partial charge in [-0.2, -0.15) is 0 Å². The summed E-state index contributed by atoms with van der Waals surface area (Å²) in [6.45, 7) is 4.38. The lowest BCUT2D eigenvalue weighted by molar-refractivity contribution is 1.01. The van der Waals surface area contributed by atoms with E-state index in [0.717, 1.165) is 0 Å². The average Bonchev–Trinajstić information content (AvgIpc) is 2.56. The fourth-order valence-electron chi connectivity index (χ4n) is 2.64. The summed E-state index contributed by atoms with van der Waals surface area (Å²) < 4.78 is 2.28. The highest BCUT2D eigenvalue weighted by molar-refractivity contribution is 6.11. The van der Waals surface area contributed by atoms with Crippen molar-refractivity contribution in [3.63, 3.8) is 0 Å². The molecule has 0 fully saturated rings. The van der Waals surface area contributed by atoms with Gasteiger partial charge in [-0.15, -0.1) is 0 Å². The zero-order valence-corrected chi connectivity index (χ0v) is 9.91. The second-order valence-electron chi connectivity index (χ2n) is 4.50. The van der Waals surface area contributed by atoms with E-state index in [0.29, 0.717) is 0 Å². The van der Waals surface area contributed by atoms with Crippen LogP contribution in [0.25, 0.3) is 21.8 Å². The maximum Gasteiger partial charge on any atom is 0.0491 e. The van der Waals surface area contributed by atoms with Crippen molar-refractivity contribution < 1.29 is 0 Å². The summed E-state index contributed by atoms with van der Waals surface area (Å²) in [5, 5.41) is 2.80. The summed E-state index contributed by atoms with van der Waals surface area (Å²) in [5.74, 6) is 0. The minimum Gasteiger partial charge on any atom is -0.344 e. The van der Waals surface area contributed by atoms with Gasteiger partial charge in [0.2, 0.25) is 0 Å². The van der Waals surface area contributed by atoms with E-state index in [-0.39, 0.29) is 0 Å². The second kappa shape index (κ2) is 3.11. The van der Waals surface area contributed by atoms with E-state index in [1.165, 1.54) is 32.9 Å². The van der Waals surface area contributed by atoms with Crippen molar-refractivity contribution >= 4 is 21.8 Å². The molecule has 0 amide bonds. The molecular weight excluding hydrogens is 194 g/mol. The van der Waals surface area contributed by atoms with E-state index in [1.54, 1.807) is 0 Å². The molecule has 1 nitrogen and oxygen atoms in total. The fraction of sp³-hybridized carbons (Fsp3) is 0.200. The summed E-state index contributed by atoms with van der Waals surface area (Å²) in [5.41, 5.74) is 5.36. The molecule has 0 radical (unpaired) electrons. The third-order valence-corrected chi connectivity index (χ3v) is 3.47. The maximum absolute atomic E-state index is 2.28. The molecule has 0 atom stereocenters. The molecule has 80 valence electrons. The van der Waals surface area contributed by atoms with Gasteiger partial charge >= 0.3 is 0 Å². The monoisotopic (exact) mass is 209 g/mol. The summed E-state index contributed by atoms with van der Waals surface area (Å²) in [4.78, 5) is 0. The van der Waals surface area contributed by atoms with E-state index in [2.05, 4.69) is 61.9 Å². The number of fused-ring (bicyclic) bond motifs is 3. The number of aryl methyl sites for hydroxylation is 3. The van der Waals surface area contributed by atoms with Crippen molar-refractivity contribution in [2.75, 3.05) is 0 Å². The van der Waals surface area contributed by atoms with Crippen LogP contribution < -0.4 is 0 Å². The van der Waals surface area contributed by atoms with Crippen molar-refractivity contribution in [3.05, 3.63) is 47.5 Å². The summed E-state index contributed by atoms with van der Waals surface area (Å²) in [6, 6.07) is 13.0. The molecule has 0 saturated carbocycles. The topological polar surface area (TPSA) is 4.93 Å². The van der Waals surface area contributed by atoms with E-state index in [9.17, 15) is 0 Å². The zero-order chi connectivity index (χ0) is 11.3. The molecule has 3 aromatic rings. The number of benzene rings is 2. The van der Waals surface area contributed by atoms with Crippen molar-refractivity contribution in [1.82, 2.24) is 4.57 Å². The van der Waals surface area contributed by atoms with Gasteiger partial charge in [-0.25, -0.2) is 0 Å². The van der Waals surface area contributed by atoms with Crippen LogP contribution >= 0.6 is 0 Å². The quantitative estimate of drug-likeness (QED) is 0.528. The standard InChI is InChI=1S/C15H15N/c1-10-6-4-8-12-14(10)15-11(2)7-5-9-13(15)16(12)3/h4-9H,1-3H3. The highest BCUT2D eigenvalue weighted by atomic mass is 14.9. The molecule has 0 saturated heterocycles. The molecule has 16 heavy (non-hydrogen) atoms. The lowest BCUT2D eigenvalue weighted by Crippen LogP contribution is -1.86. The Morgan fingerprint density at radius 3 is 1.62 bits per heavy atom. The molecule has 0 aliphatic carbocycles. The number of rotatable bonds is 0. The van der Waals surface area contributed by atoms with Crippen LogP contribution in [0.5, 0.6) is 0 Å². The summed E-state index contributed by atoms with van der Waals surface area (Å²) in [7, 11) is 2.14. The van der Waals surface area contributed by atoms with Crippen LogP contribution in [0.3, 0.4) is 0 Å². The second-order valence-corrected chi connectivity index (χ2v) is 4.50. The van der Waals surface area contributed by atoms with Crippen LogP contribution in [0.15, 0.2) is 36.4 Å². The first-order chi connectivity index (χ1) is 7.70. The van der Waals surface area contributed by atoms with Gasteiger partial charge in [0.15, 0.2) is 0 Å². The Balaban J connectivity index is 2.73. The predicted molar refractivity (Wildman–Crippen MR) is 69.9 cm³/mol. The predicted octanol–water partition coefficient (Wildman–Crippen LogP) is 3.95. The van der Waals surface area contributed by atoms with Crippen molar-refractivity contribution in [1.29, 1.82) is 0 Å². The molecule has 1 heterocycles. The van der Waals surface area contributed by atoms with Gasteiger partial charge in [-0.3, -0.25) is 0 Å². The minimum atomic E-state index is 1.32. The Morgan fingerprint density at radius 2 is 1.19 bits per heavy atom. The summed E-state index contributed by atoms with van der Waals surface area (Å²) in [6.07, 6.45) is 0. The lowest BCUT2D eigenvalue weighted by atomic mass is 10.0. The van der Waals surface area contributed by atoms with Gasteiger partial charge in [-0.1, -0.05) is 24.3 Å². The Kier molecular flexibility index (Phi) is 1.84. The Labute approximate surface area is 95.3 Å².